The van der Waals surface area contributed by atoms with Gasteiger partial charge in [0.25, 0.3) is 11.7 Å². The van der Waals surface area contributed by atoms with E-state index in [1.807, 2.05) is 37.5 Å². The Morgan fingerprint density at radius 1 is 1.21 bits per heavy atom. The van der Waals surface area contributed by atoms with Crippen molar-refractivity contribution in [1.29, 1.82) is 0 Å². The Hall–Kier alpha value is -4.26. The fraction of sp³-hybridized carbons (Fsp3) is 0.333. The van der Waals surface area contributed by atoms with Gasteiger partial charge in [-0.25, -0.2) is 14.7 Å². The van der Waals surface area contributed by atoms with Crippen LogP contribution in [-0.2, 0) is 4.74 Å². The largest absolute Gasteiger partial charge is 0.394 e. The predicted octanol–water partition coefficient (Wildman–Crippen LogP) is 0.864. The number of morpholine rings is 1. The number of hydrogen-bond donors (Lipinski definition) is 5. The van der Waals surface area contributed by atoms with E-state index in [0.29, 0.717) is 50.0 Å². The molecular formula is C27H33N8O4+. The molecule has 39 heavy (non-hydrogen) atoms. The van der Waals surface area contributed by atoms with Gasteiger partial charge in [-0.2, -0.15) is 4.99 Å². The lowest BCUT2D eigenvalue weighted by Gasteiger charge is -2.31. The van der Waals surface area contributed by atoms with Gasteiger partial charge >= 0.3 is 6.03 Å². The first-order valence-electron chi connectivity index (χ1n) is 12.9. The highest BCUT2D eigenvalue weighted by Crippen LogP contribution is 2.28. The van der Waals surface area contributed by atoms with Gasteiger partial charge in [0, 0.05) is 31.2 Å². The molecule has 3 amide bonds. The number of aliphatic imine (C=N–C) groups is 1. The molecule has 1 aromatic carbocycles. The van der Waals surface area contributed by atoms with Crippen molar-refractivity contribution in [2.75, 3.05) is 55.1 Å². The Morgan fingerprint density at radius 2 is 2.03 bits per heavy atom. The van der Waals surface area contributed by atoms with E-state index in [9.17, 15) is 14.7 Å². The van der Waals surface area contributed by atoms with E-state index in [2.05, 4.69) is 30.8 Å². The van der Waals surface area contributed by atoms with Gasteiger partial charge in [0.05, 0.1) is 43.3 Å². The summed E-state index contributed by atoms with van der Waals surface area (Å²) in [6.07, 6.45) is 7.32. The number of aliphatic hydroxyl groups is 1. The Labute approximate surface area is 226 Å². The van der Waals surface area contributed by atoms with Crippen LogP contribution in [0.4, 0.5) is 22.0 Å². The number of rotatable bonds is 7. The third-order valence-electron chi connectivity index (χ3n) is 6.75. The van der Waals surface area contributed by atoms with Crippen molar-refractivity contribution in [2.45, 2.75) is 19.9 Å². The van der Waals surface area contributed by atoms with Crippen molar-refractivity contribution in [3.63, 3.8) is 0 Å². The number of hydrogen-bond acceptors (Lipinski definition) is 8. The van der Waals surface area contributed by atoms with E-state index < -0.39 is 0 Å². The van der Waals surface area contributed by atoms with Crippen LogP contribution in [0.15, 0.2) is 65.8 Å². The molecule has 1 unspecified atom stereocenters. The number of nitrogens with zero attached hydrogens (tertiary/aromatic N) is 4. The summed E-state index contributed by atoms with van der Waals surface area (Å²) in [6, 6.07) is 8.56. The van der Waals surface area contributed by atoms with Gasteiger partial charge in [0.2, 0.25) is 0 Å². The SMILES string of the molecule is Cc1c(NC(=O)N[C@H](C)CO)cccc1N1C=C(Nc2ccc(C(=O)N3CCOCC3)cn2)C2=NC=C[NH+]2C1. The van der Waals surface area contributed by atoms with Crippen LogP contribution >= 0.6 is 0 Å². The lowest BCUT2D eigenvalue weighted by molar-refractivity contribution is -0.743. The number of nitrogens with one attached hydrogen (secondary N) is 4. The average Bonchev–Trinajstić information content (AvgIpc) is 3.44. The molecule has 204 valence electrons. The first kappa shape index (κ1) is 26.4. The van der Waals surface area contributed by atoms with Crippen LogP contribution in [0.2, 0.25) is 0 Å². The first-order chi connectivity index (χ1) is 18.9. The number of fused-ring (bicyclic) bond motifs is 1. The van der Waals surface area contributed by atoms with Gasteiger partial charge in [-0.15, -0.1) is 0 Å². The topological polar surface area (TPSA) is 136 Å². The highest BCUT2D eigenvalue weighted by Gasteiger charge is 2.32. The maximum atomic E-state index is 12.8. The van der Waals surface area contributed by atoms with E-state index in [-0.39, 0.29) is 24.6 Å². The quantitative estimate of drug-likeness (QED) is 0.356. The highest BCUT2D eigenvalue weighted by molar-refractivity contribution is 5.98. The number of anilines is 3. The summed E-state index contributed by atoms with van der Waals surface area (Å²) in [7, 11) is 0. The third kappa shape index (κ3) is 5.93. The smallest absolute Gasteiger partial charge is 0.319 e. The number of aromatic nitrogens is 1. The monoisotopic (exact) mass is 533 g/mol. The fourth-order valence-corrected chi connectivity index (χ4v) is 4.61. The summed E-state index contributed by atoms with van der Waals surface area (Å²) >= 11 is 0. The average molecular weight is 534 g/mol. The van der Waals surface area contributed by atoms with Crippen LogP contribution < -0.4 is 25.8 Å². The Balaban J connectivity index is 1.34. The van der Waals surface area contributed by atoms with E-state index >= 15 is 0 Å². The molecule has 2 aromatic rings. The van der Waals surface area contributed by atoms with Crippen molar-refractivity contribution in [1.82, 2.24) is 15.2 Å². The Morgan fingerprint density at radius 3 is 2.77 bits per heavy atom. The molecule has 3 aliphatic heterocycles. The standard InChI is InChI=1S/C27H32N8O4/c1-18(16-36)30-27(38)32-21-4-3-5-23(19(21)2)35-15-22(25-28-8-9-34(25)17-35)31-24-7-6-20(14-29-24)26(37)33-10-12-39-13-11-33/h3-9,14-15,18,36H,10-13,16-17H2,1-2H3,(H,29,31)(H2,30,32,38)/p+1/t18-/m1/s1. The van der Waals surface area contributed by atoms with Crippen LogP contribution in [0.5, 0.6) is 0 Å². The molecule has 12 heteroatoms. The second-order valence-electron chi connectivity index (χ2n) is 9.58. The minimum Gasteiger partial charge on any atom is -0.394 e. The minimum atomic E-state index is -0.377. The van der Waals surface area contributed by atoms with Crippen molar-refractivity contribution >= 4 is 35.0 Å². The van der Waals surface area contributed by atoms with Gasteiger partial charge in [-0.3, -0.25) is 9.69 Å². The summed E-state index contributed by atoms with van der Waals surface area (Å²) in [5.41, 5.74) is 3.80. The number of amides is 3. The van der Waals surface area contributed by atoms with Crippen molar-refractivity contribution in [3.8, 4) is 0 Å². The molecule has 4 heterocycles. The van der Waals surface area contributed by atoms with Crippen molar-refractivity contribution in [2.24, 2.45) is 4.99 Å². The zero-order chi connectivity index (χ0) is 27.4. The number of benzene rings is 1. The molecule has 2 atom stereocenters. The zero-order valence-corrected chi connectivity index (χ0v) is 22.0. The fourth-order valence-electron chi connectivity index (χ4n) is 4.61. The number of quaternary nitrogens is 1. The molecule has 1 fully saturated rings. The number of aliphatic hydroxyl groups excluding tert-OH is 1. The van der Waals surface area contributed by atoms with Crippen molar-refractivity contribution < 1.29 is 24.3 Å². The van der Waals surface area contributed by atoms with E-state index in [0.717, 1.165) is 27.7 Å². The highest BCUT2D eigenvalue weighted by atomic mass is 16.5. The second kappa shape index (κ2) is 11.6. The molecule has 5 rings (SSSR count). The predicted molar refractivity (Wildman–Crippen MR) is 147 cm³/mol. The first-order valence-corrected chi connectivity index (χ1v) is 12.9. The summed E-state index contributed by atoms with van der Waals surface area (Å²) in [4.78, 5) is 39.1. The van der Waals surface area contributed by atoms with E-state index in [1.54, 1.807) is 36.4 Å². The summed E-state index contributed by atoms with van der Waals surface area (Å²) < 4.78 is 5.34. The number of amidine groups is 1. The molecule has 0 radical (unpaired) electrons. The molecule has 1 saturated heterocycles. The molecular weight excluding hydrogens is 500 g/mol. The van der Waals surface area contributed by atoms with Gasteiger partial charge in [0.15, 0.2) is 6.67 Å². The summed E-state index contributed by atoms with van der Waals surface area (Å²) in [6.45, 7) is 6.40. The molecule has 5 N–H and O–H groups in total. The number of carbonyl (C=O) groups is 2. The number of pyridine rings is 1. The van der Waals surface area contributed by atoms with Gasteiger partial charge in [0.1, 0.15) is 17.7 Å². The van der Waals surface area contributed by atoms with Crippen molar-refractivity contribution in [3.05, 3.63) is 72.0 Å². The molecule has 12 nitrogen and oxygen atoms in total. The number of carbonyl (C=O) groups excluding carboxylic acids is 2. The maximum Gasteiger partial charge on any atom is 0.319 e. The van der Waals surface area contributed by atoms with Crippen LogP contribution in [0.25, 0.3) is 0 Å². The summed E-state index contributed by atoms with van der Waals surface area (Å²) in [5, 5.41) is 18.1. The van der Waals surface area contributed by atoms with Gasteiger partial charge in [-0.05, 0) is 43.7 Å². The lowest BCUT2D eigenvalue weighted by Crippen LogP contribution is -3.12. The molecule has 0 bridgehead atoms. The molecule has 3 aliphatic rings. The van der Waals surface area contributed by atoms with Crippen LogP contribution in [0.3, 0.4) is 0 Å². The molecule has 0 aliphatic carbocycles. The van der Waals surface area contributed by atoms with Crippen LogP contribution in [-0.4, -0.2) is 78.4 Å². The number of urea groups is 1. The normalized spacial score (nSPS) is 19.1. The van der Waals surface area contributed by atoms with Gasteiger partial charge < -0.3 is 30.7 Å². The maximum absolute atomic E-state index is 12.8. The van der Waals surface area contributed by atoms with Gasteiger partial charge in [-0.1, -0.05) is 6.07 Å². The molecule has 0 spiro atoms. The Bertz CT molecular complexity index is 1320. The number of ether oxygens (including phenoxy) is 1. The lowest BCUT2D eigenvalue weighted by atomic mass is 10.1. The van der Waals surface area contributed by atoms with Crippen LogP contribution in [0.1, 0.15) is 22.8 Å². The molecule has 1 aromatic heterocycles. The minimum absolute atomic E-state index is 0.0520. The summed E-state index contributed by atoms with van der Waals surface area (Å²) in [5.74, 6) is 1.38. The van der Waals surface area contributed by atoms with E-state index in [4.69, 9.17) is 4.74 Å². The second-order valence-corrected chi connectivity index (χ2v) is 9.58. The van der Waals surface area contributed by atoms with Crippen LogP contribution in [0, 0.1) is 6.92 Å². The Kier molecular flexibility index (Phi) is 7.87. The molecule has 0 saturated carbocycles. The van der Waals surface area contributed by atoms with E-state index in [1.165, 1.54) is 0 Å². The third-order valence-corrected chi connectivity index (χ3v) is 6.75. The zero-order valence-electron chi connectivity index (χ0n) is 22.0.